The number of carbonyl (C=O) groups is 2. The van der Waals surface area contributed by atoms with Crippen LogP contribution in [-0.2, 0) is 22.0 Å². The third kappa shape index (κ3) is 5.65. The van der Waals surface area contributed by atoms with Crippen molar-refractivity contribution >= 4 is 17.7 Å². The van der Waals surface area contributed by atoms with Crippen LogP contribution < -0.4 is 10.1 Å². The number of hydrogen-bond donors (Lipinski definition) is 2. The van der Waals surface area contributed by atoms with Gasteiger partial charge in [0.15, 0.2) is 0 Å². The first-order valence-electron chi connectivity index (χ1n) is 12.6. The van der Waals surface area contributed by atoms with Crippen molar-refractivity contribution in [2.45, 2.75) is 39.2 Å². The average Bonchev–Trinajstić information content (AvgIpc) is 3.20. The number of nitrogens with one attached hydrogen (secondary N) is 1. The third-order valence-electron chi connectivity index (χ3n) is 6.94. The van der Waals surface area contributed by atoms with E-state index >= 15 is 0 Å². The Morgan fingerprint density at radius 1 is 0.949 bits per heavy atom. The van der Waals surface area contributed by atoms with Gasteiger partial charge in [0.2, 0.25) is 0 Å². The molecule has 1 aromatic heterocycles. The molecule has 2 N–H and O–H groups in total. The van der Waals surface area contributed by atoms with Crippen LogP contribution in [0.5, 0.6) is 5.75 Å². The van der Waals surface area contributed by atoms with Crippen molar-refractivity contribution in [3.63, 3.8) is 0 Å². The summed E-state index contributed by atoms with van der Waals surface area (Å²) in [4.78, 5) is 24.4. The van der Waals surface area contributed by atoms with Gasteiger partial charge >= 0.3 is 12.1 Å². The standard InChI is InChI=1S/C31H33N3O5/c1-19-27(32-30(37)39-20(2)25-9-7-8-10-26(25)38-6)28(34(5)33-19)23-13-11-21(12-14-23)22-15-17-24(18-16-22)31(3,4)29(35)36/h7-18,20H,1-6H3,(H,32,37)(H,35,36). The number of aliphatic carboxylic acids is 1. The third-order valence-corrected chi connectivity index (χ3v) is 6.94. The molecule has 0 fully saturated rings. The Balaban J connectivity index is 1.54. The smallest absolute Gasteiger partial charge is 0.412 e. The van der Waals surface area contributed by atoms with E-state index in [0.717, 1.165) is 33.5 Å². The van der Waals surface area contributed by atoms with Crippen LogP contribution in [0.4, 0.5) is 10.5 Å². The zero-order chi connectivity index (χ0) is 28.3. The minimum absolute atomic E-state index is 0.520. The van der Waals surface area contributed by atoms with Gasteiger partial charge in [-0.15, -0.1) is 0 Å². The molecule has 39 heavy (non-hydrogen) atoms. The van der Waals surface area contributed by atoms with Crippen LogP contribution in [0.2, 0.25) is 0 Å². The number of aromatic nitrogens is 2. The largest absolute Gasteiger partial charge is 0.496 e. The van der Waals surface area contributed by atoms with E-state index in [2.05, 4.69) is 10.4 Å². The Morgan fingerprint density at radius 2 is 1.51 bits per heavy atom. The maximum absolute atomic E-state index is 12.9. The van der Waals surface area contributed by atoms with Crippen LogP contribution in [0.1, 0.15) is 43.7 Å². The number of ether oxygens (including phenoxy) is 2. The normalized spacial score (nSPS) is 12.1. The second-order valence-electron chi connectivity index (χ2n) is 9.93. The lowest BCUT2D eigenvalue weighted by Gasteiger charge is -2.20. The van der Waals surface area contributed by atoms with Crippen LogP contribution in [0, 0.1) is 6.92 Å². The first-order valence-corrected chi connectivity index (χ1v) is 12.6. The number of carbonyl (C=O) groups excluding carboxylic acids is 1. The van der Waals surface area contributed by atoms with Gasteiger partial charge < -0.3 is 14.6 Å². The summed E-state index contributed by atoms with van der Waals surface area (Å²) < 4.78 is 12.8. The molecule has 0 radical (unpaired) electrons. The maximum atomic E-state index is 12.9. The minimum atomic E-state index is -0.963. The first-order chi connectivity index (χ1) is 18.5. The van der Waals surface area contributed by atoms with Gasteiger partial charge in [0.1, 0.15) is 11.9 Å². The van der Waals surface area contributed by atoms with Gasteiger partial charge in [0.05, 0.1) is 29.6 Å². The van der Waals surface area contributed by atoms with E-state index in [4.69, 9.17) is 9.47 Å². The Labute approximate surface area is 228 Å². The number of aryl methyl sites for hydroxylation is 2. The SMILES string of the molecule is COc1ccccc1C(C)OC(=O)Nc1c(C)nn(C)c1-c1ccc(-c2ccc(C(C)(C)C(=O)O)cc2)cc1. The zero-order valence-electron chi connectivity index (χ0n) is 23.0. The van der Waals surface area contributed by atoms with Gasteiger partial charge in [0, 0.05) is 18.2 Å². The molecule has 0 aliphatic rings. The number of amides is 1. The molecule has 0 spiro atoms. The highest BCUT2D eigenvalue weighted by Crippen LogP contribution is 2.34. The molecule has 202 valence electrons. The fourth-order valence-electron chi connectivity index (χ4n) is 4.52. The van der Waals surface area contributed by atoms with Gasteiger partial charge in [-0.1, -0.05) is 66.7 Å². The van der Waals surface area contributed by atoms with Crippen molar-refractivity contribution in [2.24, 2.45) is 7.05 Å². The van der Waals surface area contributed by atoms with Gasteiger partial charge in [0.25, 0.3) is 0 Å². The summed E-state index contributed by atoms with van der Waals surface area (Å²) in [5.74, 6) is -0.218. The molecule has 1 atom stereocenters. The number of methoxy groups -OCH3 is 1. The highest BCUT2D eigenvalue weighted by atomic mass is 16.6. The molecule has 8 nitrogen and oxygen atoms in total. The van der Waals surface area contributed by atoms with Crippen LogP contribution in [0.3, 0.4) is 0 Å². The van der Waals surface area contributed by atoms with Crippen molar-refractivity contribution in [1.82, 2.24) is 9.78 Å². The molecular formula is C31H33N3O5. The average molecular weight is 528 g/mol. The zero-order valence-corrected chi connectivity index (χ0v) is 23.0. The molecule has 8 heteroatoms. The fraction of sp³-hybridized carbons (Fsp3) is 0.258. The van der Waals surface area contributed by atoms with E-state index in [1.54, 1.807) is 32.6 Å². The van der Waals surface area contributed by atoms with E-state index in [0.29, 0.717) is 17.1 Å². The maximum Gasteiger partial charge on any atom is 0.412 e. The van der Waals surface area contributed by atoms with Crippen molar-refractivity contribution in [2.75, 3.05) is 12.4 Å². The lowest BCUT2D eigenvalue weighted by atomic mass is 9.84. The van der Waals surface area contributed by atoms with Crippen LogP contribution in [0.25, 0.3) is 22.4 Å². The fourth-order valence-corrected chi connectivity index (χ4v) is 4.52. The predicted molar refractivity (Wildman–Crippen MR) is 151 cm³/mol. The minimum Gasteiger partial charge on any atom is -0.496 e. The van der Waals surface area contributed by atoms with Gasteiger partial charge in [-0.2, -0.15) is 5.10 Å². The molecule has 4 rings (SSSR count). The molecular weight excluding hydrogens is 494 g/mol. The van der Waals surface area contributed by atoms with Crippen LogP contribution in [-0.4, -0.2) is 34.1 Å². The summed E-state index contributed by atoms with van der Waals surface area (Å²) in [6.45, 7) is 7.00. The van der Waals surface area contributed by atoms with Crippen molar-refractivity contribution in [1.29, 1.82) is 0 Å². The monoisotopic (exact) mass is 527 g/mol. The van der Waals surface area contributed by atoms with E-state index < -0.39 is 23.6 Å². The number of anilines is 1. The van der Waals surface area contributed by atoms with Crippen LogP contribution >= 0.6 is 0 Å². The summed E-state index contributed by atoms with van der Waals surface area (Å²) in [6, 6.07) is 22.9. The predicted octanol–water partition coefficient (Wildman–Crippen LogP) is 6.74. The molecule has 0 aliphatic carbocycles. The number of hydrogen-bond acceptors (Lipinski definition) is 5. The Kier molecular flexibility index (Phi) is 7.76. The summed E-state index contributed by atoms with van der Waals surface area (Å²) in [6.07, 6.45) is -1.11. The van der Waals surface area contributed by atoms with Crippen molar-refractivity contribution in [3.8, 4) is 28.1 Å². The number of rotatable bonds is 8. The molecule has 1 heterocycles. The summed E-state index contributed by atoms with van der Waals surface area (Å²) in [7, 11) is 3.41. The number of benzene rings is 3. The first kappa shape index (κ1) is 27.4. The van der Waals surface area contributed by atoms with Gasteiger partial charge in [-0.05, 0) is 50.5 Å². The topological polar surface area (TPSA) is 103 Å². The lowest BCUT2D eigenvalue weighted by Crippen LogP contribution is -2.28. The summed E-state index contributed by atoms with van der Waals surface area (Å²) in [5.41, 5.74) is 5.36. The molecule has 0 saturated carbocycles. The quantitative estimate of drug-likeness (QED) is 0.263. The Morgan fingerprint density at radius 3 is 2.10 bits per heavy atom. The molecule has 1 amide bonds. The molecule has 4 aromatic rings. The molecule has 3 aromatic carbocycles. The second kappa shape index (κ2) is 11.0. The van der Waals surface area contributed by atoms with E-state index in [1.165, 1.54) is 0 Å². The summed E-state index contributed by atoms with van der Waals surface area (Å²) >= 11 is 0. The molecule has 0 aliphatic heterocycles. The number of para-hydroxylation sites is 1. The highest BCUT2D eigenvalue weighted by Gasteiger charge is 2.29. The summed E-state index contributed by atoms with van der Waals surface area (Å²) in [5, 5.41) is 16.9. The van der Waals surface area contributed by atoms with Gasteiger partial charge in [-0.25, -0.2) is 4.79 Å². The number of nitrogens with zero attached hydrogens (tertiary/aromatic N) is 2. The van der Waals surface area contributed by atoms with E-state index in [9.17, 15) is 14.7 Å². The van der Waals surface area contributed by atoms with Crippen molar-refractivity contribution < 1.29 is 24.2 Å². The van der Waals surface area contributed by atoms with E-state index in [-0.39, 0.29) is 0 Å². The number of carboxylic acid groups (broad SMARTS) is 1. The molecule has 1 unspecified atom stereocenters. The molecule has 0 bridgehead atoms. The van der Waals surface area contributed by atoms with E-state index in [1.807, 2.05) is 86.8 Å². The second-order valence-corrected chi connectivity index (χ2v) is 9.93. The van der Waals surface area contributed by atoms with Crippen LogP contribution in [0.15, 0.2) is 72.8 Å². The number of carboxylic acids is 1. The Bertz CT molecular complexity index is 1490. The van der Waals surface area contributed by atoms with Crippen molar-refractivity contribution in [3.05, 3.63) is 89.6 Å². The van der Waals surface area contributed by atoms with Gasteiger partial charge in [-0.3, -0.25) is 14.8 Å². The highest BCUT2D eigenvalue weighted by molar-refractivity contribution is 5.92. The molecule has 0 saturated heterocycles. The Hall–Kier alpha value is -4.59. The lowest BCUT2D eigenvalue weighted by molar-refractivity contribution is -0.142.